The van der Waals surface area contributed by atoms with Crippen LogP contribution in [0.15, 0.2) is 122 Å². The highest BCUT2D eigenvalue weighted by molar-refractivity contribution is 9.10. The molecule has 0 spiro atoms. The third kappa shape index (κ3) is 6.50. The summed E-state index contributed by atoms with van der Waals surface area (Å²) in [4.78, 5) is 14.2. The first-order valence-corrected chi connectivity index (χ1v) is 17.2. The van der Waals surface area contributed by atoms with Gasteiger partial charge in [-0.1, -0.05) is 73.8 Å². The van der Waals surface area contributed by atoms with Gasteiger partial charge in [0.2, 0.25) is 0 Å². The van der Waals surface area contributed by atoms with Gasteiger partial charge < -0.3 is 0 Å². The smallest absolute Gasteiger partial charge is 0.274 e. The Hall–Kier alpha value is -3.24. The molecule has 0 bridgehead atoms. The van der Waals surface area contributed by atoms with E-state index in [0.29, 0.717) is 10.7 Å². The minimum absolute atomic E-state index is 0.0130. The van der Waals surface area contributed by atoms with Crippen LogP contribution in [0.1, 0.15) is 46.8 Å². The highest BCUT2D eigenvalue weighted by Gasteiger charge is 2.44. The Balaban J connectivity index is 1.37. The second-order valence-corrected chi connectivity index (χ2v) is 14.4. The van der Waals surface area contributed by atoms with Crippen LogP contribution in [0.25, 0.3) is 6.08 Å². The number of rotatable bonds is 6. The van der Waals surface area contributed by atoms with Crippen molar-refractivity contribution in [2.45, 2.75) is 30.2 Å². The molecule has 10 heteroatoms. The number of amides is 1. The average Bonchev–Trinajstić information content (AvgIpc) is 3.40. The van der Waals surface area contributed by atoms with Crippen LogP contribution in [-0.4, -0.2) is 25.0 Å². The Kier molecular flexibility index (Phi) is 8.60. The van der Waals surface area contributed by atoms with Gasteiger partial charge in [-0.25, -0.2) is 13.4 Å². The van der Waals surface area contributed by atoms with Crippen LogP contribution in [0.2, 0.25) is 5.02 Å². The summed E-state index contributed by atoms with van der Waals surface area (Å²) < 4.78 is 31.0. The van der Waals surface area contributed by atoms with E-state index in [-0.39, 0.29) is 28.3 Å². The summed E-state index contributed by atoms with van der Waals surface area (Å²) in [6.07, 6.45) is 4.88. The van der Waals surface area contributed by atoms with Crippen molar-refractivity contribution in [3.05, 3.63) is 133 Å². The SMILES string of the molecule is O=C(c1cccc(S(=O)(=O)Nc2ccc(Cl)cc2)c1)N1N=C2/C(=C/c3ccc(Br)cc3)CCCC2C1c1ccc(Br)cc1. The van der Waals surface area contributed by atoms with Gasteiger partial charge >= 0.3 is 0 Å². The van der Waals surface area contributed by atoms with E-state index in [4.69, 9.17) is 16.7 Å². The molecule has 1 heterocycles. The first kappa shape index (κ1) is 29.8. The number of sulfonamides is 1. The molecule has 1 fully saturated rings. The van der Waals surface area contributed by atoms with Crippen LogP contribution in [0.5, 0.6) is 0 Å². The molecule has 43 heavy (non-hydrogen) atoms. The second-order valence-electron chi connectivity index (χ2n) is 10.5. The molecule has 2 unspecified atom stereocenters. The summed E-state index contributed by atoms with van der Waals surface area (Å²) in [7, 11) is -3.96. The van der Waals surface area contributed by atoms with Crippen molar-refractivity contribution in [2.24, 2.45) is 11.0 Å². The molecule has 2 aliphatic rings. The molecule has 0 radical (unpaired) electrons. The van der Waals surface area contributed by atoms with Crippen LogP contribution in [0.4, 0.5) is 5.69 Å². The molecule has 0 saturated heterocycles. The molecule has 1 aliphatic heterocycles. The van der Waals surface area contributed by atoms with Crippen molar-refractivity contribution in [1.82, 2.24) is 5.01 Å². The highest BCUT2D eigenvalue weighted by atomic mass is 79.9. The number of hydrogen-bond donors (Lipinski definition) is 1. The number of carbonyl (C=O) groups is 1. The summed E-state index contributed by atoms with van der Waals surface area (Å²) >= 11 is 13.0. The highest BCUT2D eigenvalue weighted by Crippen LogP contribution is 2.45. The molecule has 4 aromatic carbocycles. The number of benzene rings is 4. The molecular weight excluding hydrogens is 714 g/mol. The Labute approximate surface area is 272 Å². The van der Waals surface area contributed by atoms with Crippen molar-refractivity contribution < 1.29 is 13.2 Å². The normalized spacial score (nSPS) is 19.2. The lowest BCUT2D eigenvalue weighted by molar-refractivity contribution is 0.0680. The van der Waals surface area contributed by atoms with Crippen LogP contribution in [0, 0.1) is 5.92 Å². The summed E-state index contributed by atoms with van der Waals surface area (Å²) in [6.45, 7) is 0. The largest absolute Gasteiger partial charge is 0.280 e. The maximum atomic E-state index is 14.2. The first-order valence-electron chi connectivity index (χ1n) is 13.7. The van der Waals surface area contributed by atoms with Crippen LogP contribution < -0.4 is 4.72 Å². The fourth-order valence-corrected chi connectivity index (χ4v) is 7.34. The van der Waals surface area contributed by atoms with Crippen molar-refractivity contribution in [3.63, 3.8) is 0 Å². The lowest BCUT2D eigenvalue weighted by Crippen LogP contribution is -2.32. The molecular formula is C33H26Br2ClN3O3S. The fraction of sp³-hybridized carbons (Fsp3) is 0.152. The van der Waals surface area contributed by atoms with E-state index in [2.05, 4.69) is 54.8 Å². The third-order valence-electron chi connectivity index (χ3n) is 7.62. The summed E-state index contributed by atoms with van der Waals surface area (Å²) in [5, 5.41) is 7.01. The van der Waals surface area contributed by atoms with E-state index in [0.717, 1.165) is 50.6 Å². The lowest BCUT2D eigenvalue weighted by atomic mass is 9.77. The number of nitrogens with zero attached hydrogens (tertiary/aromatic N) is 2. The maximum Gasteiger partial charge on any atom is 0.274 e. The Bertz CT molecular complexity index is 1840. The molecule has 4 aromatic rings. The lowest BCUT2D eigenvalue weighted by Gasteiger charge is -2.29. The van der Waals surface area contributed by atoms with Crippen molar-refractivity contribution in [2.75, 3.05) is 4.72 Å². The van der Waals surface area contributed by atoms with Gasteiger partial charge in [-0.3, -0.25) is 9.52 Å². The average molecular weight is 740 g/mol. The number of hydrazone groups is 1. The zero-order valence-electron chi connectivity index (χ0n) is 22.8. The maximum absolute atomic E-state index is 14.2. The minimum Gasteiger partial charge on any atom is -0.280 e. The topological polar surface area (TPSA) is 78.8 Å². The number of nitrogens with one attached hydrogen (secondary N) is 1. The predicted octanol–water partition coefficient (Wildman–Crippen LogP) is 9.10. The third-order valence-corrected chi connectivity index (χ3v) is 10.3. The number of hydrogen-bond acceptors (Lipinski definition) is 4. The minimum atomic E-state index is -3.96. The number of allylic oxidation sites excluding steroid dienone is 1. The Morgan fingerprint density at radius 3 is 2.30 bits per heavy atom. The quantitative estimate of drug-likeness (QED) is 0.214. The molecule has 0 aromatic heterocycles. The van der Waals surface area contributed by atoms with Gasteiger partial charge in [0.25, 0.3) is 15.9 Å². The van der Waals surface area contributed by atoms with Gasteiger partial charge in [-0.2, -0.15) is 5.10 Å². The molecule has 6 rings (SSSR count). The second kappa shape index (κ2) is 12.4. The van der Waals surface area contributed by atoms with Gasteiger partial charge in [0.05, 0.1) is 16.6 Å². The summed E-state index contributed by atoms with van der Waals surface area (Å²) in [6, 6.07) is 28.2. The molecule has 1 aliphatic carbocycles. The van der Waals surface area contributed by atoms with Crippen molar-refractivity contribution >= 4 is 76.9 Å². The van der Waals surface area contributed by atoms with Crippen molar-refractivity contribution in [1.29, 1.82) is 0 Å². The van der Waals surface area contributed by atoms with E-state index in [1.54, 1.807) is 41.4 Å². The molecule has 1 amide bonds. The number of anilines is 1. The molecule has 2 atom stereocenters. The van der Waals surface area contributed by atoms with Gasteiger partial charge in [-0.05, 0) is 109 Å². The van der Waals surface area contributed by atoms with E-state index in [9.17, 15) is 13.2 Å². The zero-order valence-corrected chi connectivity index (χ0v) is 27.5. The van der Waals surface area contributed by atoms with Gasteiger partial charge in [0, 0.05) is 31.1 Å². The monoisotopic (exact) mass is 737 g/mol. The van der Waals surface area contributed by atoms with Crippen molar-refractivity contribution in [3.8, 4) is 0 Å². The van der Waals surface area contributed by atoms with Gasteiger partial charge in [-0.15, -0.1) is 0 Å². The zero-order chi connectivity index (χ0) is 30.1. The number of halogens is 3. The van der Waals surface area contributed by atoms with E-state index >= 15 is 0 Å². The van der Waals surface area contributed by atoms with E-state index in [1.807, 2.05) is 36.4 Å². The number of fused-ring (bicyclic) bond motifs is 1. The van der Waals surface area contributed by atoms with Crippen LogP contribution in [-0.2, 0) is 10.0 Å². The van der Waals surface area contributed by atoms with Crippen LogP contribution in [0.3, 0.4) is 0 Å². The van der Waals surface area contributed by atoms with E-state index < -0.39 is 10.0 Å². The predicted molar refractivity (Wildman–Crippen MR) is 179 cm³/mol. The van der Waals surface area contributed by atoms with Gasteiger partial charge in [0.15, 0.2) is 0 Å². The van der Waals surface area contributed by atoms with E-state index in [1.165, 1.54) is 12.1 Å². The molecule has 6 nitrogen and oxygen atoms in total. The fourth-order valence-electron chi connectivity index (χ4n) is 5.58. The standard InChI is InChI=1S/C33H26Br2ClN3O3S/c34-25-11-7-21(8-12-25)19-23-3-2-6-30-31(23)37-39(32(30)22-9-13-26(35)14-10-22)33(40)24-4-1-5-29(20-24)43(41,42)38-28-17-15-27(36)16-18-28/h1,4-5,7-20,30,32,38H,2-3,6H2/b23-19+. The Morgan fingerprint density at radius 2 is 1.60 bits per heavy atom. The molecule has 1 saturated carbocycles. The summed E-state index contributed by atoms with van der Waals surface area (Å²) in [5.74, 6) is -0.347. The molecule has 1 N–H and O–H groups in total. The first-order chi connectivity index (χ1) is 20.7. The summed E-state index contributed by atoms with van der Waals surface area (Å²) in [5.41, 5.74) is 4.66. The molecule has 218 valence electrons. The van der Waals surface area contributed by atoms with Crippen LogP contribution >= 0.6 is 43.5 Å². The van der Waals surface area contributed by atoms with Gasteiger partial charge in [0.1, 0.15) is 0 Å². The Morgan fingerprint density at radius 1 is 0.930 bits per heavy atom. The number of carbonyl (C=O) groups excluding carboxylic acids is 1.